The number of hydrogen-bond acceptors (Lipinski definition) is 3. The Morgan fingerprint density at radius 2 is 2.06 bits per heavy atom. The van der Waals surface area contributed by atoms with Gasteiger partial charge in [0.1, 0.15) is 10.7 Å². The number of nitrogens with one attached hydrogen (secondary N) is 1. The summed E-state index contributed by atoms with van der Waals surface area (Å²) < 4.78 is 38.9. The molecule has 0 fully saturated rings. The minimum absolute atomic E-state index is 0.0809. The summed E-state index contributed by atoms with van der Waals surface area (Å²) in [4.78, 5) is -0.0809. The Labute approximate surface area is 101 Å². The lowest BCUT2D eigenvalue weighted by atomic mass is 10.1. The highest BCUT2D eigenvalue weighted by atomic mass is 32.2. The van der Waals surface area contributed by atoms with Gasteiger partial charge in [0.25, 0.3) is 0 Å². The van der Waals surface area contributed by atoms with E-state index in [4.69, 9.17) is 5.73 Å². The van der Waals surface area contributed by atoms with Gasteiger partial charge in [0.15, 0.2) is 0 Å². The van der Waals surface area contributed by atoms with Crippen LogP contribution >= 0.6 is 0 Å². The number of sulfonamides is 1. The molecule has 0 aliphatic rings. The summed E-state index contributed by atoms with van der Waals surface area (Å²) >= 11 is 0. The van der Waals surface area contributed by atoms with Crippen LogP contribution in [0.2, 0.25) is 0 Å². The first-order valence-corrected chi connectivity index (χ1v) is 6.86. The molecular weight excluding hydrogens is 243 g/mol. The number of anilines is 1. The van der Waals surface area contributed by atoms with Gasteiger partial charge in [-0.15, -0.1) is 0 Å². The Hall–Kier alpha value is -1.14. The van der Waals surface area contributed by atoms with Gasteiger partial charge in [-0.05, 0) is 30.5 Å². The number of hydrogen-bond donors (Lipinski definition) is 2. The molecule has 0 aliphatic heterocycles. The smallest absolute Gasteiger partial charge is 0.242 e. The van der Waals surface area contributed by atoms with E-state index in [1.165, 1.54) is 6.07 Å². The third kappa shape index (κ3) is 3.98. The molecule has 0 saturated heterocycles. The first kappa shape index (κ1) is 13.9. The van der Waals surface area contributed by atoms with Crippen molar-refractivity contribution in [2.45, 2.75) is 25.2 Å². The summed E-state index contributed by atoms with van der Waals surface area (Å²) in [5.41, 5.74) is 5.40. The molecule has 1 rings (SSSR count). The molecule has 17 heavy (non-hydrogen) atoms. The van der Waals surface area contributed by atoms with Gasteiger partial charge in [0, 0.05) is 6.54 Å². The molecule has 3 N–H and O–H groups in total. The Balaban J connectivity index is 2.83. The molecule has 0 aromatic heterocycles. The fourth-order valence-corrected chi connectivity index (χ4v) is 2.48. The summed E-state index contributed by atoms with van der Waals surface area (Å²) in [5.74, 6) is -0.146. The third-order valence-corrected chi connectivity index (χ3v) is 3.81. The second-order valence-electron chi connectivity index (χ2n) is 4.26. The van der Waals surface area contributed by atoms with Crippen LogP contribution in [0.25, 0.3) is 0 Å². The van der Waals surface area contributed by atoms with Crippen LogP contribution in [0, 0.1) is 11.7 Å². The fourth-order valence-electron chi connectivity index (χ4n) is 1.32. The highest BCUT2D eigenvalue weighted by Crippen LogP contribution is 2.18. The van der Waals surface area contributed by atoms with E-state index < -0.39 is 15.8 Å². The van der Waals surface area contributed by atoms with E-state index in [1.807, 2.05) is 13.8 Å². The summed E-state index contributed by atoms with van der Waals surface area (Å²) in [6.45, 7) is 4.35. The summed E-state index contributed by atoms with van der Waals surface area (Å²) in [7, 11) is -3.65. The van der Waals surface area contributed by atoms with Crippen molar-refractivity contribution in [1.82, 2.24) is 4.72 Å². The topological polar surface area (TPSA) is 72.2 Å². The van der Waals surface area contributed by atoms with Crippen LogP contribution in [0.4, 0.5) is 10.1 Å². The van der Waals surface area contributed by atoms with E-state index in [9.17, 15) is 12.8 Å². The first-order valence-electron chi connectivity index (χ1n) is 5.37. The zero-order valence-electron chi connectivity index (χ0n) is 9.90. The monoisotopic (exact) mass is 260 g/mol. The largest absolute Gasteiger partial charge is 0.398 e. The van der Waals surface area contributed by atoms with Crippen molar-refractivity contribution in [3.05, 3.63) is 24.0 Å². The molecule has 1 aromatic rings. The maximum Gasteiger partial charge on any atom is 0.242 e. The minimum Gasteiger partial charge on any atom is -0.398 e. The van der Waals surface area contributed by atoms with Crippen molar-refractivity contribution in [3.8, 4) is 0 Å². The molecule has 6 heteroatoms. The van der Waals surface area contributed by atoms with E-state index in [2.05, 4.69) is 4.72 Å². The first-order chi connectivity index (χ1) is 7.83. The molecular formula is C11H17FN2O2S. The van der Waals surface area contributed by atoms with E-state index >= 15 is 0 Å². The van der Waals surface area contributed by atoms with E-state index in [0.29, 0.717) is 12.5 Å². The molecule has 4 nitrogen and oxygen atoms in total. The molecule has 0 heterocycles. The minimum atomic E-state index is -3.65. The standard InChI is InChI=1S/C11H17FN2O2S/c1-8(2)5-6-14-17(15,16)11-4-3-9(12)7-10(11)13/h3-4,7-8,14H,5-6,13H2,1-2H3. The quantitative estimate of drug-likeness (QED) is 0.792. The van der Waals surface area contributed by atoms with E-state index in [-0.39, 0.29) is 10.6 Å². The van der Waals surface area contributed by atoms with Crippen LogP contribution in [0.3, 0.4) is 0 Å². The van der Waals surface area contributed by atoms with Gasteiger partial charge in [-0.25, -0.2) is 17.5 Å². The van der Waals surface area contributed by atoms with Crippen molar-refractivity contribution in [3.63, 3.8) is 0 Å². The van der Waals surface area contributed by atoms with Crippen LogP contribution in [0.1, 0.15) is 20.3 Å². The van der Waals surface area contributed by atoms with Gasteiger partial charge in [0.05, 0.1) is 5.69 Å². The average molecular weight is 260 g/mol. The van der Waals surface area contributed by atoms with Crippen molar-refractivity contribution in [2.75, 3.05) is 12.3 Å². The third-order valence-electron chi connectivity index (χ3n) is 2.28. The summed E-state index contributed by atoms with van der Waals surface area (Å²) in [6, 6.07) is 3.24. The molecule has 0 atom stereocenters. The zero-order valence-corrected chi connectivity index (χ0v) is 10.7. The maximum absolute atomic E-state index is 12.8. The molecule has 0 unspecified atom stereocenters. The molecule has 96 valence electrons. The van der Waals surface area contributed by atoms with Crippen LogP contribution in [-0.4, -0.2) is 15.0 Å². The lowest BCUT2D eigenvalue weighted by molar-refractivity contribution is 0.551. The number of nitrogen functional groups attached to an aromatic ring is 1. The van der Waals surface area contributed by atoms with Crippen molar-refractivity contribution >= 4 is 15.7 Å². The highest BCUT2D eigenvalue weighted by Gasteiger charge is 2.17. The van der Waals surface area contributed by atoms with Gasteiger partial charge in [0.2, 0.25) is 10.0 Å². The second-order valence-corrected chi connectivity index (χ2v) is 6.00. The Bertz CT molecular complexity index is 486. The Morgan fingerprint density at radius 3 is 2.59 bits per heavy atom. The molecule has 0 spiro atoms. The van der Waals surface area contributed by atoms with E-state index in [0.717, 1.165) is 18.6 Å². The molecule has 0 amide bonds. The summed E-state index contributed by atoms with van der Waals surface area (Å²) in [6.07, 6.45) is 0.736. The predicted molar refractivity (Wildman–Crippen MR) is 65.5 cm³/mol. The zero-order chi connectivity index (χ0) is 13.1. The van der Waals surface area contributed by atoms with Gasteiger partial charge in [-0.2, -0.15) is 0 Å². The van der Waals surface area contributed by atoms with Crippen LogP contribution in [0.5, 0.6) is 0 Å². The number of nitrogens with two attached hydrogens (primary N) is 1. The van der Waals surface area contributed by atoms with Crippen LogP contribution in [0.15, 0.2) is 23.1 Å². The van der Waals surface area contributed by atoms with Gasteiger partial charge in [-0.3, -0.25) is 0 Å². The van der Waals surface area contributed by atoms with Gasteiger partial charge < -0.3 is 5.73 Å². The Kier molecular flexibility index (Phi) is 4.47. The number of benzene rings is 1. The van der Waals surface area contributed by atoms with Crippen LogP contribution < -0.4 is 10.5 Å². The molecule has 0 aliphatic carbocycles. The Morgan fingerprint density at radius 1 is 1.41 bits per heavy atom. The fraction of sp³-hybridized carbons (Fsp3) is 0.455. The lowest BCUT2D eigenvalue weighted by Gasteiger charge is -2.10. The van der Waals surface area contributed by atoms with Crippen LogP contribution in [-0.2, 0) is 10.0 Å². The molecule has 0 saturated carbocycles. The van der Waals surface area contributed by atoms with Gasteiger partial charge in [-0.1, -0.05) is 13.8 Å². The highest BCUT2D eigenvalue weighted by molar-refractivity contribution is 7.89. The van der Waals surface area contributed by atoms with Crippen molar-refractivity contribution in [1.29, 1.82) is 0 Å². The lowest BCUT2D eigenvalue weighted by Crippen LogP contribution is -2.26. The van der Waals surface area contributed by atoms with Gasteiger partial charge >= 0.3 is 0 Å². The molecule has 0 radical (unpaired) electrons. The van der Waals surface area contributed by atoms with E-state index in [1.54, 1.807) is 0 Å². The predicted octanol–water partition coefficient (Wildman–Crippen LogP) is 1.73. The van der Waals surface area contributed by atoms with Crippen molar-refractivity contribution < 1.29 is 12.8 Å². The maximum atomic E-state index is 12.8. The molecule has 1 aromatic carbocycles. The average Bonchev–Trinajstić information content (AvgIpc) is 2.15. The molecule has 0 bridgehead atoms. The second kappa shape index (κ2) is 5.46. The number of rotatable bonds is 5. The SMILES string of the molecule is CC(C)CCNS(=O)(=O)c1ccc(F)cc1N. The summed E-state index contributed by atoms with van der Waals surface area (Å²) in [5, 5.41) is 0. The number of halogens is 1. The normalized spacial score (nSPS) is 12.0. The van der Waals surface area contributed by atoms with Crippen molar-refractivity contribution in [2.24, 2.45) is 5.92 Å².